The number of carbonyl (C=O) groups excluding carboxylic acids is 1. The molecule has 0 aromatic carbocycles. The summed E-state index contributed by atoms with van der Waals surface area (Å²) in [5.74, 6) is -0.206. The predicted molar refractivity (Wildman–Crippen MR) is 61.3 cm³/mol. The number of aromatic nitrogens is 4. The number of hydrogen-bond acceptors (Lipinski definition) is 4. The Hall–Kier alpha value is -2.24. The first-order valence-corrected chi connectivity index (χ1v) is 5.27. The molecule has 0 saturated carbocycles. The van der Waals surface area contributed by atoms with Crippen molar-refractivity contribution in [3.8, 4) is 0 Å². The van der Waals surface area contributed by atoms with Gasteiger partial charge in [-0.2, -0.15) is 5.10 Å². The second-order valence-electron chi connectivity index (χ2n) is 3.62. The lowest BCUT2D eigenvalue weighted by Gasteiger charge is -2.02. The predicted octanol–water partition coefficient (Wildman–Crippen LogP) is 0.183. The van der Waals surface area contributed by atoms with E-state index in [2.05, 4.69) is 20.4 Å². The second-order valence-corrected chi connectivity index (χ2v) is 3.62. The lowest BCUT2D eigenvalue weighted by molar-refractivity contribution is 0.0949. The molecule has 6 nitrogen and oxygen atoms in total. The first-order chi connectivity index (χ1) is 8.25. The molecule has 0 atom stereocenters. The van der Waals surface area contributed by atoms with Gasteiger partial charge in [-0.05, 0) is 12.0 Å². The Bertz CT molecular complexity index is 494. The van der Waals surface area contributed by atoms with Crippen molar-refractivity contribution in [1.29, 1.82) is 0 Å². The lowest BCUT2D eigenvalue weighted by Crippen LogP contribution is -2.26. The number of amides is 1. The average molecular weight is 231 g/mol. The van der Waals surface area contributed by atoms with E-state index in [0.717, 1.165) is 12.0 Å². The van der Waals surface area contributed by atoms with Gasteiger partial charge in [0.05, 0.1) is 12.4 Å². The molecule has 1 amide bonds. The molecule has 6 heteroatoms. The van der Waals surface area contributed by atoms with Gasteiger partial charge in [-0.15, -0.1) is 0 Å². The molecular weight excluding hydrogens is 218 g/mol. The van der Waals surface area contributed by atoms with E-state index in [4.69, 9.17) is 0 Å². The van der Waals surface area contributed by atoms with Gasteiger partial charge in [0.15, 0.2) is 0 Å². The van der Waals surface area contributed by atoms with Crippen molar-refractivity contribution in [2.75, 3.05) is 6.54 Å². The molecule has 1 N–H and O–H groups in total. The largest absolute Gasteiger partial charge is 0.350 e. The molecule has 0 bridgehead atoms. The highest BCUT2D eigenvalue weighted by atomic mass is 16.1. The third-order valence-electron chi connectivity index (χ3n) is 2.25. The fourth-order valence-electron chi connectivity index (χ4n) is 1.43. The molecule has 0 unspecified atom stereocenters. The highest BCUT2D eigenvalue weighted by Gasteiger charge is 2.05. The van der Waals surface area contributed by atoms with E-state index in [0.29, 0.717) is 12.2 Å². The molecule has 2 aromatic rings. The summed E-state index contributed by atoms with van der Waals surface area (Å²) in [6.07, 6.45) is 8.94. The van der Waals surface area contributed by atoms with E-state index >= 15 is 0 Å². The molecule has 2 heterocycles. The van der Waals surface area contributed by atoms with Crippen LogP contribution in [0.1, 0.15) is 16.1 Å². The Labute approximate surface area is 98.7 Å². The highest BCUT2D eigenvalue weighted by Crippen LogP contribution is 1.96. The minimum atomic E-state index is -0.206. The van der Waals surface area contributed by atoms with Gasteiger partial charge >= 0.3 is 0 Å². The van der Waals surface area contributed by atoms with Crippen LogP contribution in [-0.2, 0) is 13.5 Å². The molecule has 2 rings (SSSR count). The second kappa shape index (κ2) is 5.20. The van der Waals surface area contributed by atoms with Crippen molar-refractivity contribution in [2.24, 2.45) is 7.05 Å². The molecule has 0 spiro atoms. The highest BCUT2D eigenvalue weighted by molar-refractivity contribution is 5.91. The van der Waals surface area contributed by atoms with E-state index in [1.807, 2.05) is 13.2 Å². The van der Waals surface area contributed by atoms with E-state index in [-0.39, 0.29) is 5.91 Å². The molecule has 0 aliphatic carbocycles. The third-order valence-corrected chi connectivity index (χ3v) is 2.25. The number of nitrogens with one attached hydrogen (secondary N) is 1. The van der Waals surface area contributed by atoms with Crippen LogP contribution in [0.15, 0.2) is 31.0 Å². The zero-order chi connectivity index (χ0) is 12.1. The summed E-state index contributed by atoms with van der Waals surface area (Å²) in [4.78, 5) is 19.4. The van der Waals surface area contributed by atoms with Gasteiger partial charge in [0.2, 0.25) is 0 Å². The quantitative estimate of drug-likeness (QED) is 0.814. The van der Waals surface area contributed by atoms with Crippen molar-refractivity contribution < 1.29 is 4.79 Å². The van der Waals surface area contributed by atoms with E-state index in [1.165, 1.54) is 18.6 Å². The van der Waals surface area contributed by atoms with Crippen LogP contribution in [0.2, 0.25) is 0 Å². The number of carbonyl (C=O) groups is 1. The van der Waals surface area contributed by atoms with Crippen LogP contribution in [0.25, 0.3) is 0 Å². The molecule has 88 valence electrons. The maximum absolute atomic E-state index is 11.6. The van der Waals surface area contributed by atoms with Gasteiger partial charge in [0.1, 0.15) is 5.69 Å². The standard InChI is InChI=1S/C11H13N5O/c1-16-8-9(6-15-16)2-3-14-11(17)10-7-12-4-5-13-10/h4-8H,2-3H2,1H3,(H,14,17). The maximum Gasteiger partial charge on any atom is 0.271 e. The first kappa shape index (κ1) is 11.3. The minimum Gasteiger partial charge on any atom is -0.350 e. The number of aryl methyl sites for hydroxylation is 1. The normalized spacial score (nSPS) is 10.2. The van der Waals surface area contributed by atoms with Crippen LogP contribution in [0, 0.1) is 0 Å². The summed E-state index contributed by atoms with van der Waals surface area (Å²) in [5, 5.41) is 6.83. The van der Waals surface area contributed by atoms with Gasteiger partial charge < -0.3 is 5.32 Å². The topological polar surface area (TPSA) is 72.7 Å². The summed E-state index contributed by atoms with van der Waals surface area (Å²) in [6, 6.07) is 0. The van der Waals surface area contributed by atoms with Crippen LogP contribution < -0.4 is 5.32 Å². The van der Waals surface area contributed by atoms with Gasteiger partial charge in [0.25, 0.3) is 5.91 Å². The number of hydrogen-bond donors (Lipinski definition) is 1. The smallest absolute Gasteiger partial charge is 0.271 e. The van der Waals surface area contributed by atoms with Crippen LogP contribution in [-0.4, -0.2) is 32.2 Å². The van der Waals surface area contributed by atoms with Crippen molar-refractivity contribution in [3.63, 3.8) is 0 Å². The first-order valence-electron chi connectivity index (χ1n) is 5.27. The average Bonchev–Trinajstić information content (AvgIpc) is 2.76. The van der Waals surface area contributed by atoms with E-state index < -0.39 is 0 Å². The Morgan fingerprint density at radius 1 is 1.41 bits per heavy atom. The van der Waals surface area contributed by atoms with Crippen LogP contribution in [0.3, 0.4) is 0 Å². The Morgan fingerprint density at radius 2 is 2.29 bits per heavy atom. The molecule has 0 saturated heterocycles. The van der Waals surface area contributed by atoms with Gasteiger partial charge in [-0.3, -0.25) is 14.5 Å². The Balaban J connectivity index is 1.81. The molecule has 0 aliphatic rings. The van der Waals surface area contributed by atoms with Gasteiger partial charge in [-0.1, -0.05) is 0 Å². The Kier molecular flexibility index (Phi) is 3.44. The van der Waals surface area contributed by atoms with Crippen LogP contribution in [0.5, 0.6) is 0 Å². The molecule has 0 fully saturated rings. The lowest BCUT2D eigenvalue weighted by atomic mass is 10.2. The summed E-state index contributed by atoms with van der Waals surface area (Å²) in [5.41, 5.74) is 1.42. The Morgan fingerprint density at radius 3 is 2.94 bits per heavy atom. The van der Waals surface area contributed by atoms with Crippen molar-refractivity contribution >= 4 is 5.91 Å². The zero-order valence-corrected chi connectivity index (χ0v) is 9.50. The summed E-state index contributed by atoms with van der Waals surface area (Å²) < 4.78 is 1.74. The van der Waals surface area contributed by atoms with Gasteiger partial charge in [-0.25, -0.2) is 4.98 Å². The van der Waals surface area contributed by atoms with E-state index in [1.54, 1.807) is 10.9 Å². The number of rotatable bonds is 4. The monoisotopic (exact) mass is 231 g/mol. The fraction of sp³-hybridized carbons (Fsp3) is 0.273. The van der Waals surface area contributed by atoms with E-state index in [9.17, 15) is 4.79 Å². The minimum absolute atomic E-state index is 0.206. The van der Waals surface area contributed by atoms with Crippen molar-refractivity contribution in [3.05, 3.63) is 42.2 Å². The van der Waals surface area contributed by atoms with Crippen LogP contribution in [0.4, 0.5) is 0 Å². The van der Waals surface area contributed by atoms with Gasteiger partial charge in [0, 0.05) is 32.2 Å². The molecule has 0 radical (unpaired) electrons. The fourth-order valence-corrected chi connectivity index (χ4v) is 1.43. The SMILES string of the molecule is Cn1cc(CCNC(=O)c2cnccn2)cn1. The summed E-state index contributed by atoms with van der Waals surface area (Å²) >= 11 is 0. The zero-order valence-electron chi connectivity index (χ0n) is 9.50. The summed E-state index contributed by atoms with van der Waals surface area (Å²) in [6.45, 7) is 0.557. The molecule has 2 aromatic heterocycles. The third kappa shape index (κ3) is 3.10. The molecule has 0 aliphatic heterocycles. The molecular formula is C11H13N5O. The maximum atomic E-state index is 11.6. The summed E-state index contributed by atoms with van der Waals surface area (Å²) in [7, 11) is 1.86. The molecule has 17 heavy (non-hydrogen) atoms. The van der Waals surface area contributed by atoms with Crippen molar-refractivity contribution in [1.82, 2.24) is 25.1 Å². The number of nitrogens with zero attached hydrogens (tertiary/aromatic N) is 4. The van der Waals surface area contributed by atoms with Crippen molar-refractivity contribution in [2.45, 2.75) is 6.42 Å². The van der Waals surface area contributed by atoms with Crippen LogP contribution >= 0.6 is 0 Å².